The molecule has 0 heterocycles. The van der Waals surface area contributed by atoms with E-state index >= 15 is 0 Å². The molecule has 0 saturated heterocycles. The van der Waals surface area contributed by atoms with Crippen molar-refractivity contribution in [1.82, 2.24) is 0 Å². The number of halogens is 1. The molecule has 14 heavy (non-hydrogen) atoms. The molecule has 0 bridgehead atoms. The molecule has 0 aromatic heterocycles. The van der Waals surface area contributed by atoms with Crippen molar-refractivity contribution >= 4 is 29.1 Å². The van der Waals surface area contributed by atoms with Crippen LogP contribution in [0.15, 0.2) is 29.2 Å². The van der Waals surface area contributed by atoms with Crippen molar-refractivity contribution in [2.24, 2.45) is 0 Å². The number of thioether (sulfide) groups is 1. The topological polar surface area (TPSA) is 17.1 Å². The summed E-state index contributed by atoms with van der Waals surface area (Å²) in [6.45, 7) is 0. The fourth-order valence-corrected chi connectivity index (χ4v) is 2.90. The van der Waals surface area contributed by atoms with Gasteiger partial charge in [0.05, 0.1) is 0 Å². The summed E-state index contributed by atoms with van der Waals surface area (Å²) in [5, 5.41) is 1.24. The smallest absolute Gasteiger partial charge is 0.134 e. The van der Waals surface area contributed by atoms with Crippen LogP contribution in [-0.2, 0) is 4.79 Å². The first-order valence-electron chi connectivity index (χ1n) is 4.68. The molecule has 1 unspecified atom stereocenters. The molecule has 1 aliphatic carbocycles. The summed E-state index contributed by atoms with van der Waals surface area (Å²) < 4.78 is 0. The minimum atomic E-state index is 0.400. The molecule has 1 aliphatic rings. The number of Topliss-reactive ketones (excluding diaryl/α,β-unsaturated/α-hetero) is 1. The van der Waals surface area contributed by atoms with Crippen molar-refractivity contribution in [3.8, 4) is 0 Å². The van der Waals surface area contributed by atoms with Gasteiger partial charge in [-0.05, 0) is 30.7 Å². The van der Waals surface area contributed by atoms with Gasteiger partial charge < -0.3 is 0 Å². The highest BCUT2D eigenvalue weighted by Crippen LogP contribution is 2.33. The van der Waals surface area contributed by atoms with Crippen LogP contribution in [0.2, 0.25) is 5.02 Å². The lowest BCUT2D eigenvalue weighted by Crippen LogP contribution is -1.95. The zero-order chi connectivity index (χ0) is 9.97. The van der Waals surface area contributed by atoms with E-state index in [1.54, 1.807) is 11.8 Å². The van der Waals surface area contributed by atoms with Crippen molar-refractivity contribution in [3.63, 3.8) is 0 Å². The molecular formula is C11H11ClOS. The summed E-state index contributed by atoms with van der Waals surface area (Å²) in [6, 6.07) is 7.80. The Morgan fingerprint density at radius 1 is 1.29 bits per heavy atom. The Labute approximate surface area is 92.8 Å². The van der Waals surface area contributed by atoms with Crippen LogP contribution in [0.5, 0.6) is 0 Å². The zero-order valence-corrected chi connectivity index (χ0v) is 9.27. The molecule has 3 heteroatoms. The number of benzene rings is 1. The summed E-state index contributed by atoms with van der Waals surface area (Å²) in [5.41, 5.74) is 0. The van der Waals surface area contributed by atoms with E-state index in [2.05, 4.69) is 0 Å². The minimum Gasteiger partial charge on any atom is -0.300 e. The molecule has 1 atom stereocenters. The molecule has 0 spiro atoms. The van der Waals surface area contributed by atoms with Gasteiger partial charge in [0.25, 0.3) is 0 Å². The number of hydrogen-bond donors (Lipinski definition) is 0. The van der Waals surface area contributed by atoms with Crippen molar-refractivity contribution in [2.75, 3.05) is 0 Å². The average Bonchev–Trinajstić information content (AvgIpc) is 2.56. The molecule has 0 radical (unpaired) electrons. The maximum Gasteiger partial charge on any atom is 0.134 e. The van der Waals surface area contributed by atoms with Gasteiger partial charge in [-0.3, -0.25) is 4.79 Å². The van der Waals surface area contributed by atoms with Crippen molar-refractivity contribution in [1.29, 1.82) is 0 Å². The fraction of sp³-hybridized carbons (Fsp3) is 0.364. The van der Waals surface area contributed by atoms with E-state index in [0.29, 0.717) is 11.0 Å². The van der Waals surface area contributed by atoms with Gasteiger partial charge in [0.1, 0.15) is 5.78 Å². The largest absolute Gasteiger partial charge is 0.300 e. The molecule has 1 aromatic rings. The number of carbonyl (C=O) groups excluding carboxylic acids is 1. The summed E-state index contributed by atoms with van der Waals surface area (Å²) in [5.74, 6) is 0.400. The highest BCUT2D eigenvalue weighted by Gasteiger charge is 2.22. The van der Waals surface area contributed by atoms with Gasteiger partial charge in [-0.1, -0.05) is 11.6 Å². The van der Waals surface area contributed by atoms with Crippen LogP contribution in [0.3, 0.4) is 0 Å². The summed E-state index contributed by atoms with van der Waals surface area (Å²) in [6.07, 6.45) is 2.50. The highest BCUT2D eigenvalue weighted by atomic mass is 35.5. The summed E-state index contributed by atoms with van der Waals surface area (Å²) in [4.78, 5) is 12.3. The second-order valence-corrected chi connectivity index (χ2v) is 5.29. The molecule has 1 saturated carbocycles. The lowest BCUT2D eigenvalue weighted by Gasteiger charge is -2.07. The average molecular weight is 227 g/mol. The van der Waals surface area contributed by atoms with Crippen LogP contribution in [0, 0.1) is 0 Å². The molecule has 0 N–H and O–H groups in total. The lowest BCUT2D eigenvalue weighted by molar-refractivity contribution is -0.117. The van der Waals surface area contributed by atoms with E-state index in [1.165, 1.54) is 4.90 Å². The van der Waals surface area contributed by atoms with Crippen LogP contribution in [-0.4, -0.2) is 11.0 Å². The van der Waals surface area contributed by atoms with Gasteiger partial charge in [0, 0.05) is 28.0 Å². The van der Waals surface area contributed by atoms with Crippen LogP contribution in [0.4, 0.5) is 0 Å². The summed E-state index contributed by atoms with van der Waals surface area (Å²) >= 11 is 7.57. The van der Waals surface area contributed by atoms with E-state index in [-0.39, 0.29) is 0 Å². The third-order valence-corrected chi connectivity index (χ3v) is 3.85. The Bertz CT molecular complexity index is 334. The van der Waals surface area contributed by atoms with Gasteiger partial charge in [0.2, 0.25) is 0 Å². The van der Waals surface area contributed by atoms with E-state index in [4.69, 9.17) is 11.6 Å². The molecule has 0 amide bonds. The van der Waals surface area contributed by atoms with Crippen molar-refractivity contribution in [3.05, 3.63) is 29.3 Å². The van der Waals surface area contributed by atoms with E-state index in [1.807, 2.05) is 24.3 Å². The maximum atomic E-state index is 11.1. The van der Waals surface area contributed by atoms with Gasteiger partial charge in [0.15, 0.2) is 0 Å². The molecule has 1 aromatic carbocycles. The Morgan fingerprint density at radius 2 is 2.00 bits per heavy atom. The lowest BCUT2D eigenvalue weighted by atomic mass is 10.4. The number of rotatable bonds is 2. The fourth-order valence-electron chi connectivity index (χ4n) is 1.59. The van der Waals surface area contributed by atoms with E-state index < -0.39 is 0 Å². The molecule has 0 aliphatic heterocycles. The van der Waals surface area contributed by atoms with Crippen LogP contribution in [0.1, 0.15) is 19.3 Å². The first-order valence-corrected chi connectivity index (χ1v) is 5.94. The van der Waals surface area contributed by atoms with Gasteiger partial charge in [-0.15, -0.1) is 11.8 Å². The summed E-state index contributed by atoms with van der Waals surface area (Å²) in [7, 11) is 0. The standard InChI is InChI=1S/C11H11ClOS/c12-8-1-4-10(5-2-8)14-11-6-3-9(13)7-11/h1-2,4-5,11H,3,6-7H2. The molecule has 1 nitrogen and oxygen atoms in total. The third kappa shape index (κ3) is 2.52. The monoisotopic (exact) mass is 226 g/mol. The van der Waals surface area contributed by atoms with Crippen molar-refractivity contribution in [2.45, 2.75) is 29.4 Å². The quantitative estimate of drug-likeness (QED) is 0.767. The third-order valence-electron chi connectivity index (χ3n) is 2.32. The SMILES string of the molecule is O=C1CCC(Sc2ccc(Cl)cc2)C1. The number of hydrogen-bond acceptors (Lipinski definition) is 2. The van der Waals surface area contributed by atoms with Crippen LogP contribution >= 0.6 is 23.4 Å². The number of ketones is 1. The number of carbonyl (C=O) groups is 1. The van der Waals surface area contributed by atoms with Gasteiger partial charge >= 0.3 is 0 Å². The highest BCUT2D eigenvalue weighted by molar-refractivity contribution is 8.00. The Morgan fingerprint density at radius 3 is 2.57 bits per heavy atom. The second kappa shape index (κ2) is 4.37. The van der Waals surface area contributed by atoms with E-state index in [9.17, 15) is 4.79 Å². The molecule has 2 rings (SSSR count). The minimum absolute atomic E-state index is 0.400. The normalized spacial score (nSPS) is 21.5. The Kier molecular flexibility index (Phi) is 3.14. The predicted molar refractivity (Wildman–Crippen MR) is 60.0 cm³/mol. The van der Waals surface area contributed by atoms with Crippen molar-refractivity contribution < 1.29 is 4.79 Å². The second-order valence-electron chi connectivity index (χ2n) is 3.48. The zero-order valence-electron chi connectivity index (χ0n) is 7.70. The Balaban J connectivity index is 1.97. The van der Waals surface area contributed by atoms with Gasteiger partial charge in [-0.25, -0.2) is 0 Å². The first kappa shape index (κ1) is 10.1. The Hall–Kier alpha value is -0.470. The molecule has 74 valence electrons. The maximum absolute atomic E-state index is 11.1. The first-order chi connectivity index (χ1) is 6.74. The van der Waals surface area contributed by atoms with Crippen LogP contribution in [0.25, 0.3) is 0 Å². The van der Waals surface area contributed by atoms with Crippen LogP contribution < -0.4 is 0 Å². The molecular weight excluding hydrogens is 216 g/mol. The predicted octanol–water partition coefficient (Wildman–Crippen LogP) is 3.55. The molecule has 1 fully saturated rings. The van der Waals surface area contributed by atoms with Gasteiger partial charge in [-0.2, -0.15) is 0 Å². The van der Waals surface area contributed by atoms with E-state index in [0.717, 1.165) is 24.3 Å².